The van der Waals surface area contributed by atoms with E-state index in [9.17, 15) is 14.7 Å². The van der Waals surface area contributed by atoms with Crippen LogP contribution < -0.4 is 5.32 Å². The molecule has 3 atom stereocenters. The number of fused-ring (bicyclic) bond motifs is 1. The number of nitrogens with one attached hydrogen (secondary N) is 1. The SMILES string of the molecule is CCC1CCc2nc(NC(=O)N3CC(C)CC(C(=O)O)C3)sc2C1. The summed E-state index contributed by atoms with van der Waals surface area (Å²) in [5, 5.41) is 12.8. The van der Waals surface area contributed by atoms with Crippen LogP contribution in [-0.4, -0.2) is 40.1 Å². The lowest BCUT2D eigenvalue weighted by atomic mass is 9.89. The largest absolute Gasteiger partial charge is 0.481 e. The predicted molar refractivity (Wildman–Crippen MR) is 93.4 cm³/mol. The number of anilines is 1. The van der Waals surface area contributed by atoms with E-state index in [-0.39, 0.29) is 18.5 Å². The lowest BCUT2D eigenvalue weighted by Gasteiger charge is -2.34. The molecule has 24 heavy (non-hydrogen) atoms. The fourth-order valence-corrected chi connectivity index (χ4v) is 4.82. The van der Waals surface area contributed by atoms with Crippen LogP contribution in [0.25, 0.3) is 0 Å². The van der Waals surface area contributed by atoms with Gasteiger partial charge in [-0.25, -0.2) is 9.78 Å². The normalized spacial score (nSPS) is 26.8. The number of carbonyl (C=O) groups is 2. The number of nitrogens with zero attached hydrogens (tertiary/aromatic N) is 2. The summed E-state index contributed by atoms with van der Waals surface area (Å²) in [6.45, 7) is 5.07. The number of piperidine rings is 1. The highest BCUT2D eigenvalue weighted by molar-refractivity contribution is 7.15. The van der Waals surface area contributed by atoms with Crippen molar-refractivity contribution in [2.24, 2.45) is 17.8 Å². The molecule has 1 aromatic rings. The number of hydrogen-bond donors (Lipinski definition) is 2. The number of amides is 2. The van der Waals surface area contributed by atoms with E-state index in [1.807, 2.05) is 6.92 Å². The predicted octanol–water partition coefficient (Wildman–Crippen LogP) is 3.23. The molecule has 0 aromatic carbocycles. The van der Waals surface area contributed by atoms with Gasteiger partial charge in [0.15, 0.2) is 5.13 Å². The second kappa shape index (κ2) is 7.09. The molecule has 2 aliphatic rings. The minimum atomic E-state index is -0.824. The van der Waals surface area contributed by atoms with Gasteiger partial charge in [0.25, 0.3) is 0 Å². The summed E-state index contributed by atoms with van der Waals surface area (Å²) in [5.41, 5.74) is 1.12. The molecular formula is C17H25N3O3S. The van der Waals surface area contributed by atoms with Crippen molar-refractivity contribution in [2.75, 3.05) is 18.4 Å². The monoisotopic (exact) mass is 351 g/mol. The van der Waals surface area contributed by atoms with Crippen molar-refractivity contribution < 1.29 is 14.7 Å². The average Bonchev–Trinajstić information content (AvgIpc) is 2.95. The maximum atomic E-state index is 12.5. The first-order chi connectivity index (χ1) is 11.5. The Bertz CT molecular complexity index is 631. The quantitative estimate of drug-likeness (QED) is 0.876. The highest BCUT2D eigenvalue weighted by Crippen LogP contribution is 2.33. The van der Waals surface area contributed by atoms with Crippen molar-refractivity contribution in [3.63, 3.8) is 0 Å². The second-order valence-corrected chi connectivity index (χ2v) is 8.20. The van der Waals surface area contributed by atoms with Crippen molar-refractivity contribution in [1.82, 2.24) is 9.88 Å². The maximum absolute atomic E-state index is 12.5. The Labute approximate surface area is 146 Å². The van der Waals surface area contributed by atoms with Crippen molar-refractivity contribution in [2.45, 2.75) is 46.0 Å². The third-order valence-corrected chi connectivity index (χ3v) is 6.16. The van der Waals surface area contributed by atoms with Crippen LogP contribution in [0.2, 0.25) is 0 Å². The molecule has 1 fully saturated rings. The molecule has 1 aliphatic carbocycles. The van der Waals surface area contributed by atoms with Crippen LogP contribution in [0.1, 0.15) is 43.7 Å². The number of aromatic nitrogens is 1. The zero-order valence-electron chi connectivity index (χ0n) is 14.2. The fourth-order valence-electron chi connectivity index (χ4n) is 3.71. The first-order valence-corrected chi connectivity index (χ1v) is 9.55. The van der Waals surface area contributed by atoms with Crippen LogP contribution in [-0.2, 0) is 17.6 Å². The van der Waals surface area contributed by atoms with Crippen LogP contribution >= 0.6 is 11.3 Å². The summed E-state index contributed by atoms with van der Waals surface area (Å²) >= 11 is 1.57. The Hall–Kier alpha value is -1.63. The molecule has 3 unspecified atom stereocenters. The summed E-state index contributed by atoms with van der Waals surface area (Å²) < 4.78 is 0. The molecule has 0 radical (unpaired) electrons. The third kappa shape index (κ3) is 3.71. The lowest BCUT2D eigenvalue weighted by molar-refractivity contribution is -0.143. The van der Waals surface area contributed by atoms with E-state index in [2.05, 4.69) is 17.2 Å². The maximum Gasteiger partial charge on any atom is 0.323 e. The fraction of sp³-hybridized carbons (Fsp3) is 0.706. The number of thiazole rings is 1. The van der Waals surface area contributed by atoms with Crippen LogP contribution in [0.3, 0.4) is 0 Å². The van der Waals surface area contributed by atoms with E-state index in [0.29, 0.717) is 18.1 Å². The molecule has 132 valence electrons. The van der Waals surface area contributed by atoms with E-state index in [1.54, 1.807) is 16.2 Å². The minimum absolute atomic E-state index is 0.195. The van der Waals surface area contributed by atoms with E-state index in [1.165, 1.54) is 17.7 Å². The summed E-state index contributed by atoms with van der Waals surface area (Å²) in [4.78, 5) is 31.2. The highest BCUT2D eigenvalue weighted by atomic mass is 32.1. The Morgan fingerprint density at radius 2 is 2.21 bits per heavy atom. The van der Waals surface area contributed by atoms with Crippen molar-refractivity contribution in [3.05, 3.63) is 10.6 Å². The number of aliphatic carboxylic acids is 1. The van der Waals surface area contributed by atoms with E-state index >= 15 is 0 Å². The van der Waals surface area contributed by atoms with Gasteiger partial charge < -0.3 is 10.0 Å². The van der Waals surface area contributed by atoms with Gasteiger partial charge in [-0.05, 0) is 37.5 Å². The van der Waals surface area contributed by atoms with Crippen LogP contribution in [0.5, 0.6) is 0 Å². The number of carbonyl (C=O) groups excluding carboxylic acids is 1. The van der Waals surface area contributed by atoms with E-state index < -0.39 is 11.9 Å². The number of urea groups is 1. The van der Waals surface area contributed by atoms with Gasteiger partial charge >= 0.3 is 12.0 Å². The average molecular weight is 351 g/mol. The molecule has 1 aliphatic heterocycles. The van der Waals surface area contributed by atoms with E-state index in [4.69, 9.17) is 0 Å². The zero-order chi connectivity index (χ0) is 17.3. The first kappa shape index (κ1) is 17.2. The van der Waals surface area contributed by atoms with Gasteiger partial charge in [-0.3, -0.25) is 10.1 Å². The Morgan fingerprint density at radius 3 is 2.92 bits per heavy atom. The van der Waals surface area contributed by atoms with Gasteiger partial charge in [0.2, 0.25) is 0 Å². The number of likely N-dealkylation sites (tertiary alicyclic amines) is 1. The third-order valence-electron chi connectivity index (χ3n) is 5.13. The number of rotatable bonds is 3. The number of carboxylic acids is 1. The van der Waals surface area contributed by atoms with Gasteiger partial charge in [0.05, 0.1) is 11.6 Å². The topological polar surface area (TPSA) is 82.5 Å². The molecule has 1 saturated heterocycles. The number of aryl methyl sites for hydroxylation is 1. The van der Waals surface area contributed by atoms with Gasteiger partial charge in [-0.2, -0.15) is 0 Å². The summed E-state index contributed by atoms with van der Waals surface area (Å²) in [6.07, 6.45) is 5.03. The number of carboxylic acid groups (broad SMARTS) is 1. The molecule has 2 heterocycles. The lowest BCUT2D eigenvalue weighted by Crippen LogP contribution is -2.47. The summed E-state index contributed by atoms with van der Waals surface area (Å²) in [6, 6.07) is -0.231. The molecule has 7 heteroatoms. The zero-order valence-corrected chi connectivity index (χ0v) is 15.1. The van der Waals surface area contributed by atoms with Crippen LogP contribution in [0.4, 0.5) is 9.93 Å². The van der Waals surface area contributed by atoms with Crippen molar-refractivity contribution >= 4 is 28.5 Å². The van der Waals surface area contributed by atoms with Gasteiger partial charge in [0, 0.05) is 18.0 Å². The van der Waals surface area contributed by atoms with Crippen LogP contribution in [0.15, 0.2) is 0 Å². The molecule has 2 N–H and O–H groups in total. The summed E-state index contributed by atoms with van der Waals surface area (Å²) in [7, 11) is 0. The molecule has 2 amide bonds. The minimum Gasteiger partial charge on any atom is -0.481 e. The number of hydrogen-bond acceptors (Lipinski definition) is 4. The molecule has 3 rings (SSSR count). The Morgan fingerprint density at radius 1 is 1.42 bits per heavy atom. The first-order valence-electron chi connectivity index (χ1n) is 8.73. The van der Waals surface area contributed by atoms with Gasteiger partial charge in [-0.15, -0.1) is 11.3 Å². The van der Waals surface area contributed by atoms with E-state index in [0.717, 1.165) is 24.5 Å². The van der Waals surface area contributed by atoms with Gasteiger partial charge in [-0.1, -0.05) is 20.3 Å². The standard InChI is InChI=1S/C17H25N3O3S/c1-3-11-4-5-13-14(7-11)24-16(18-13)19-17(23)20-8-10(2)6-12(9-20)15(21)22/h10-12H,3-9H2,1-2H3,(H,21,22)(H,18,19,23). The van der Waals surface area contributed by atoms with Gasteiger partial charge in [0.1, 0.15) is 0 Å². The molecule has 0 bridgehead atoms. The smallest absolute Gasteiger partial charge is 0.323 e. The highest BCUT2D eigenvalue weighted by Gasteiger charge is 2.32. The second-order valence-electron chi connectivity index (χ2n) is 7.12. The summed E-state index contributed by atoms with van der Waals surface area (Å²) in [5.74, 6) is -0.384. The van der Waals surface area contributed by atoms with Crippen molar-refractivity contribution in [1.29, 1.82) is 0 Å². The molecule has 6 nitrogen and oxygen atoms in total. The molecular weight excluding hydrogens is 326 g/mol. The van der Waals surface area contributed by atoms with Crippen molar-refractivity contribution in [3.8, 4) is 0 Å². The molecule has 1 aromatic heterocycles. The molecule has 0 spiro atoms. The Balaban J connectivity index is 1.65. The Kier molecular flexibility index (Phi) is 5.08. The molecule has 0 saturated carbocycles. The van der Waals surface area contributed by atoms with Crippen LogP contribution in [0, 0.1) is 17.8 Å².